The largest absolute Gasteiger partial charge is 0.478 e. The number of fused-ring (bicyclic) bond motifs is 1. The number of carbonyl (C=O) groups is 1. The van der Waals surface area contributed by atoms with Crippen molar-refractivity contribution in [1.29, 1.82) is 0 Å². The minimum atomic E-state index is -0.953. The van der Waals surface area contributed by atoms with Crippen LogP contribution in [-0.2, 0) is 6.54 Å². The second-order valence-electron chi connectivity index (χ2n) is 4.94. The molecule has 0 fully saturated rings. The van der Waals surface area contributed by atoms with Crippen molar-refractivity contribution in [2.45, 2.75) is 20.4 Å². The molecule has 0 aliphatic heterocycles. The third kappa shape index (κ3) is 1.99. The van der Waals surface area contributed by atoms with Crippen LogP contribution in [-0.4, -0.2) is 15.6 Å². The molecule has 3 rings (SSSR count). The van der Waals surface area contributed by atoms with Gasteiger partial charge in [-0.05, 0) is 37.6 Å². The van der Waals surface area contributed by atoms with Crippen molar-refractivity contribution in [3.05, 3.63) is 59.2 Å². The summed E-state index contributed by atoms with van der Waals surface area (Å²) < 4.78 is 7.59. The predicted molar refractivity (Wildman–Crippen MR) is 76.2 cm³/mol. The molecule has 2 heterocycles. The van der Waals surface area contributed by atoms with Crippen molar-refractivity contribution < 1.29 is 14.3 Å². The van der Waals surface area contributed by atoms with Crippen molar-refractivity contribution in [3.63, 3.8) is 0 Å². The molecule has 1 N–H and O–H groups in total. The van der Waals surface area contributed by atoms with Gasteiger partial charge in [-0.15, -0.1) is 0 Å². The molecule has 20 heavy (non-hydrogen) atoms. The van der Waals surface area contributed by atoms with E-state index >= 15 is 0 Å². The summed E-state index contributed by atoms with van der Waals surface area (Å²) in [6.07, 6.45) is 2.00. The summed E-state index contributed by atoms with van der Waals surface area (Å²) >= 11 is 0. The zero-order chi connectivity index (χ0) is 14.3. The molecular formula is C16H15NO3. The van der Waals surface area contributed by atoms with Crippen LogP contribution in [0.4, 0.5) is 0 Å². The van der Waals surface area contributed by atoms with Crippen LogP contribution in [0.2, 0.25) is 0 Å². The topological polar surface area (TPSA) is 55.4 Å². The summed E-state index contributed by atoms with van der Waals surface area (Å²) in [4.78, 5) is 11.0. The van der Waals surface area contributed by atoms with Crippen LogP contribution in [0.1, 0.15) is 27.4 Å². The number of rotatable bonds is 3. The lowest BCUT2D eigenvalue weighted by atomic mass is 10.1. The molecule has 0 spiro atoms. The summed E-state index contributed by atoms with van der Waals surface area (Å²) in [5, 5.41) is 10.2. The molecule has 0 atom stereocenters. The second-order valence-corrected chi connectivity index (χ2v) is 4.94. The van der Waals surface area contributed by atoms with E-state index in [1.165, 1.54) is 10.9 Å². The highest BCUT2D eigenvalue weighted by atomic mass is 16.4. The average molecular weight is 269 g/mol. The third-order valence-electron chi connectivity index (χ3n) is 3.56. The average Bonchev–Trinajstić information content (AvgIpc) is 2.95. The van der Waals surface area contributed by atoms with E-state index in [0.29, 0.717) is 18.1 Å². The van der Waals surface area contributed by atoms with Crippen LogP contribution in [0.5, 0.6) is 0 Å². The fraction of sp³-hybridized carbons (Fsp3) is 0.188. The van der Waals surface area contributed by atoms with Crippen LogP contribution < -0.4 is 0 Å². The zero-order valence-electron chi connectivity index (χ0n) is 11.4. The third-order valence-corrected chi connectivity index (χ3v) is 3.56. The van der Waals surface area contributed by atoms with E-state index in [4.69, 9.17) is 9.52 Å². The number of nitrogens with zero attached hydrogens (tertiary/aromatic N) is 1. The van der Waals surface area contributed by atoms with E-state index in [0.717, 1.165) is 5.52 Å². The Bertz CT molecular complexity index is 795. The lowest BCUT2D eigenvalue weighted by molar-refractivity contribution is 0.0695. The highest BCUT2D eigenvalue weighted by molar-refractivity contribution is 5.88. The SMILES string of the molecule is Cc1oc(Cn2ccc3c(C)cccc32)cc1C(=O)O. The Morgan fingerprint density at radius 2 is 2.10 bits per heavy atom. The van der Waals surface area contributed by atoms with Crippen molar-refractivity contribution in [2.24, 2.45) is 0 Å². The first kappa shape index (κ1) is 12.5. The van der Waals surface area contributed by atoms with E-state index in [1.807, 2.05) is 12.3 Å². The van der Waals surface area contributed by atoms with Crippen molar-refractivity contribution >= 4 is 16.9 Å². The molecule has 0 unspecified atom stereocenters. The van der Waals surface area contributed by atoms with Gasteiger partial charge in [-0.2, -0.15) is 0 Å². The Morgan fingerprint density at radius 3 is 2.80 bits per heavy atom. The first-order chi connectivity index (χ1) is 9.56. The minimum Gasteiger partial charge on any atom is -0.478 e. The van der Waals surface area contributed by atoms with Crippen molar-refractivity contribution in [1.82, 2.24) is 4.57 Å². The van der Waals surface area contributed by atoms with Gasteiger partial charge in [-0.1, -0.05) is 12.1 Å². The molecule has 3 aromatic rings. The fourth-order valence-electron chi connectivity index (χ4n) is 2.52. The van der Waals surface area contributed by atoms with Gasteiger partial charge in [0.15, 0.2) is 0 Å². The predicted octanol–water partition coefficient (Wildman–Crippen LogP) is 3.60. The highest BCUT2D eigenvalue weighted by Gasteiger charge is 2.14. The van der Waals surface area contributed by atoms with E-state index in [-0.39, 0.29) is 5.56 Å². The maximum atomic E-state index is 11.0. The molecule has 0 aliphatic carbocycles. The molecule has 0 radical (unpaired) electrons. The summed E-state index contributed by atoms with van der Waals surface area (Å²) in [7, 11) is 0. The first-order valence-corrected chi connectivity index (χ1v) is 6.43. The number of carboxylic acids is 1. The molecule has 0 aliphatic rings. The molecule has 0 amide bonds. The molecule has 0 bridgehead atoms. The number of hydrogen-bond donors (Lipinski definition) is 1. The molecule has 1 aromatic carbocycles. The number of aromatic carboxylic acids is 1. The minimum absolute atomic E-state index is 0.229. The van der Waals surface area contributed by atoms with Gasteiger partial charge in [0.25, 0.3) is 0 Å². The number of aryl methyl sites for hydroxylation is 2. The molecule has 4 heteroatoms. The van der Waals surface area contributed by atoms with Crippen molar-refractivity contribution in [2.75, 3.05) is 0 Å². The van der Waals surface area contributed by atoms with Crippen LogP contribution in [0.25, 0.3) is 10.9 Å². The maximum absolute atomic E-state index is 11.0. The Balaban J connectivity index is 1.99. The number of hydrogen-bond acceptors (Lipinski definition) is 2. The summed E-state index contributed by atoms with van der Waals surface area (Å²) in [5.74, 6) is 0.143. The van der Waals surface area contributed by atoms with Crippen LogP contribution in [0, 0.1) is 13.8 Å². The molecular weight excluding hydrogens is 254 g/mol. The highest BCUT2D eigenvalue weighted by Crippen LogP contribution is 2.22. The van der Waals surface area contributed by atoms with Gasteiger partial charge in [0, 0.05) is 17.1 Å². The van der Waals surface area contributed by atoms with E-state index in [2.05, 4.69) is 29.7 Å². The first-order valence-electron chi connectivity index (χ1n) is 6.43. The van der Waals surface area contributed by atoms with Gasteiger partial charge < -0.3 is 14.1 Å². The Morgan fingerprint density at radius 1 is 1.30 bits per heavy atom. The maximum Gasteiger partial charge on any atom is 0.339 e. The molecule has 102 valence electrons. The Hall–Kier alpha value is -2.49. The summed E-state index contributed by atoms with van der Waals surface area (Å²) in [6.45, 7) is 4.28. The van der Waals surface area contributed by atoms with Gasteiger partial charge >= 0.3 is 5.97 Å². The van der Waals surface area contributed by atoms with Gasteiger partial charge in [-0.25, -0.2) is 4.79 Å². The number of benzene rings is 1. The van der Waals surface area contributed by atoms with E-state index in [9.17, 15) is 4.79 Å². The van der Waals surface area contributed by atoms with E-state index in [1.54, 1.807) is 13.0 Å². The molecule has 2 aromatic heterocycles. The lowest BCUT2D eigenvalue weighted by Crippen LogP contribution is -1.97. The van der Waals surface area contributed by atoms with Gasteiger partial charge in [0.1, 0.15) is 17.1 Å². The van der Waals surface area contributed by atoms with Gasteiger partial charge in [0.05, 0.1) is 6.54 Å². The summed E-state index contributed by atoms with van der Waals surface area (Å²) in [5.41, 5.74) is 2.58. The number of aromatic nitrogens is 1. The number of carboxylic acid groups (broad SMARTS) is 1. The molecule has 0 saturated heterocycles. The molecule has 0 saturated carbocycles. The fourth-order valence-corrected chi connectivity index (χ4v) is 2.52. The van der Waals surface area contributed by atoms with Crippen molar-refractivity contribution in [3.8, 4) is 0 Å². The van der Waals surface area contributed by atoms with Crippen LogP contribution in [0.3, 0.4) is 0 Å². The van der Waals surface area contributed by atoms with Gasteiger partial charge in [-0.3, -0.25) is 0 Å². The molecule has 4 nitrogen and oxygen atoms in total. The van der Waals surface area contributed by atoms with Gasteiger partial charge in [0.2, 0.25) is 0 Å². The van der Waals surface area contributed by atoms with Crippen LogP contribution >= 0.6 is 0 Å². The van der Waals surface area contributed by atoms with Crippen LogP contribution in [0.15, 0.2) is 40.9 Å². The lowest BCUT2D eigenvalue weighted by Gasteiger charge is -2.03. The standard InChI is InChI=1S/C16H15NO3/c1-10-4-3-5-15-13(10)6-7-17(15)9-12-8-14(16(18)19)11(2)20-12/h3-8H,9H2,1-2H3,(H,18,19). The van der Waals surface area contributed by atoms with E-state index < -0.39 is 5.97 Å². The Labute approximate surface area is 116 Å². The quantitative estimate of drug-likeness (QED) is 0.790. The summed E-state index contributed by atoms with van der Waals surface area (Å²) in [6, 6.07) is 9.81. The second kappa shape index (κ2) is 4.56. The smallest absolute Gasteiger partial charge is 0.339 e. The number of furan rings is 1. The zero-order valence-corrected chi connectivity index (χ0v) is 11.4. The normalized spacial score (nSPS) is 11.1. The Kier molecular flexibility index (Phi) is 2.86. The monoisotopic (exact) mass is 269 g/mol.